The quantitative estimate of drug-likeness (QED) is 0.491. The molecule has 2 aromatic rings. The van der Waals surface area contributed by atoms with Gasteiger partial charge >= 0.3 is 0 Å². The molecule has 1 aromatic heterocycles. The average Bonchev–Trinajstić information content (AvgIpc) is 3.34. The smallest absolute Gasteiger partial charge is 0.266 e. The first-order valence-corrected chi connectivity index (χ1v) is 11.9. The summed E-state index contributed by atoms with van der Waals surface area (Å²) in [6.07, 6.45) is -4.83. The lowest BCUT2D eigenvalue weighted by atomic mass is 10.0. The van der Waals surface area contributed by atoms with Crippen LogP contribution in [0.3, 0.4) is 0 Å². The maximum Gasteiger partial charge on any atom is 0.266 e. The van der Waals surface area contributed by atoms with Crippen LogP contribution in [0.2, 0.25) is 0 Å². The number of nitrogens with zero attached hydrogens (tertiary/aromatic N) is 3. The highest BCUT2D eigenvalue weighted by atomic mass is 19.3. The predicted molar refractivity (Wildman–Crippen MR) is 122 cm³/mol. The fourth-order valence-electron chi connectivity index (χ4n) is 4.32. The lowest BCUT2D eigenvalue weighted by molar-refractivity contribution is -0.129. The minimum Gasteiger partial charge on any atom is -0.363 e. The zero-order valence-corrected chi connectivity index (χ0v) is 20.4. The molecule has 0 bridgehead atoms. The van der Waals surface area contributed by atoms with Crippen molar-refractivity contribution in [1.29, 1.82) is 0 Å². The van der Waals surface area contributed by atoms with E-state index in [4.69, 9.17) is 9.47 Å². The zero-order chi connectivity index (χ0) is 26.7. The van der Waals surface area contributed by atoms with Crippen LogP contribution in [0.1, 0.15) is 66.7 Å². The molecule has 3 heterocycles. The number of anilines is 1. The Balaban J connectivity index is 1.58. The molecule has 2 N–H and O–H groups in total. The van der Waals surface area contributed by atoms with E-state index in [2.05, 4.69) is 20.7 Å². The number of halogens is 5. The number of aryl methyl sites for hydroxylation is 1. The molecular weight excluding hydrogens is 501 g/mol. The van der Waals surface area contributed by atoms with Crippen LogP contribution >= 0.6 is 0 Å². The fraction of sp³-hybridized carbons (Fsp3) is 0.542. The van der Waals surface area contributed by atoms with Crippen LogP contribution in [0, 0.1) is 12.7 Å². The first-order valence-electron chi connectivity index (χ1n) is 11.9. The summed E-state index contributed by atoms with van der Waals surface area (Å²) in [6, 6.07) is 2.98. The average molecular weight is 530 g/mol. The second kappa shape index (κ2) is 11.2. The summed E-state index contributed by atoms with van der Waals surface area (Å²) in [7, 11) is 0. The highest BCUT2D eigenvalue weighted by Crippen LogP contribution is 2.35. The standard InChI is InChI=1S/C24H28F5N5O3/c1-13(15-4-3-5-16(20(15)25)21(26)27)30-22-19(23-36-10-11-37-23)17(31-14(2)32-22)12-18(35)33-34-8-6-24(28,29)7-9-34/h3-5,13,21,23H,6-12H2,1-2H3,(H,33,35)(H,30,31,32)/t13-/m1/s1. The van der Waals surface area contributed by atoms with Crippen molar-refractivity contribution >= 4 is 11.7 Å². The molecule has 0 radical (unpaired) electrons. The van der Waals surface area contributed by atoms with Gasteiger partial charge in [0.05, 0.1) is 42.5 Å². The van der Waals surface area contributed by atoms with Crippen LogP contribution in [-0.4, -0.2) is 53.1 Å². The van der Waals surface area contributed by atoms with Gasteiger partial charge in [-0.15, -0.1) is 0 Å². The van der Waals surface area contributed by atoms with Crippen molar-refractivity contribution in [3.05, 3.63) is 52.2 Å². The molecule has 0 spiro atoms. The Kier molecular flexibility index (Phi) is 8.24. The third-order valence-electron chi connectivity index (χ3n) is 6.21. The van der Waals surface area contributed by atoms with E-state index in [1.807, 2.05) is 0 Å². The van der Waals surface area contributed by atoms with Gasteiger partial charge in [0.1, 0.15) is 17.5 Å². The molecule has 0 unspecified atom stereocenters. The van der Waals surface area contributed by atoms with Gasteiger partial charge in [0.2, 0.25) is 5.91 Å². The van der Waals surface area contributed by atoms with E-state index in [0.29, 0.717) is 11.4 Å². The van der Waals surface area contributed by atoms with Gasteiger partial charge in [-0.2, -0.15) is 0 Å². The van der Waals surface area contributed by atoms with Crippen LogP contribution in [-0.2, 0) is 20.7 Å². The molecule has 4 rings (SSSR count). The fourth-order valence-corrected chi connectivity index (χ4v) is 4.32. The molecule has 8 nitrogen and oxygen atoms in total. The highest BCUT2D eigenvalue weighted by Gasteiger charge is 2.35. The van der Waals surface area contributed by atoms with Gasteiger partial charge in [-0.05, 0) is 13.8 Å². The number of benzene rings is 1. The van der Waals surface area contributed by atoms with Crippen LogP contribution in [0.15, 0.2) is 18.2 Å². The van der Waals surface area contributed by atoms with E-state index in [-0.39, 0.29) is 62.6 Å². The van der Waals surface area contributed by atoms with Crippen molar-refractivity contribution in [2.45, 2.75) is 57.8 Å². The molecule has 1 amide bonds. The number of rotatable bonds is 8. The van der Waals surface area contributed by atoms with Gasteiger partial charge in [-0.25, -0.2) is 36.9 Å². The molecule has 2 fully saturated rings. The minimum atomic E-state index is -2.97. The van der Waals surface area contributed by atoms with Crippen molar-refractivity contribution in [1.82, 2.24) is 20.4 Å². The Morgan fingerprint density at radius 2 is 1.81 bits per heavy atom. The molecule has 0 saturated carbocycles. The molecule has 2 aliphatic heterocycles. The summed E-state index contributed by atoms with van der Waals surface area (Å²) in [4.78, 5) is 21.6. The number of alkyl halides is 4. The summed E-state index contributed by atoms with van der Waals surface area (Å²) in [6.45, 7) is 3.78. The van der Waals surface area contributed by atoms with Crippen LogP contribution < -0.4 is 10.7 Å². The number of carbonyl (C=O) groups is 1. The Hall–Kier alpha value is -2.90. The van der Waals surface area contributed by atoms with Gasteiger partial charge in [0, 0.05) is 31.5 Å². The van der Waals surface area contributed by atoms with Crippen molar-refractivity contribution in [3.63, 3.8) is 0 Å². The number of carbonyl (C=O) groups excluding carboxylic acids is 1. The van der Waals surface area contributed by atoms with E-state index < -0.39 is 42.0 Å². The summed E-state index contributed by atoms with van der Waals surface area (Å²) in [5.74, 6) is -3.75. The second-order valence-electron chi connectivity index (χ2n) is 9.03. The zero-order valence-electron chi connectivity index (χ0n) is 20.4. The topological polar surface area (TPSA) is 88.6 Å². The third kappa shape index (κ3) is 6.51. The number of hydrogen-bond acceptors (Lipinski definition) is 7. The largest absolute Gasteiger partial charge is 0.363 e. The first kappa shape index (κ1) is 27.1. The molecule has 0 aliphatic carbocycles. The van der Waals surface area contributed by atoms with E-state index >= 15 is 0 Å². The van der Waals surface area contributed by atoms with Crippen molar-refractivity contribution in [2.75, 3.05) is 31.6 Å². The number of ether oxygens (including phenoxy) is 2. The van der Waals surface area contributed by atoms with E-state index in [1.54, 1.807) is 13.8 Å². The molecule has 2 aliphatic rings. The Morgan fingerprint density at radius 3 is 2.46 bits per heavy atom. The lowest BCUT2D eigenvalue weighted by Gasteiger charge is -2.31. The second-order valence-corrected chi connectivity index (χ2v) is 9.03. The van der Waals surface area contributed by atoms with Gasteiger partial charge < -0.3 is 14.8 Å². The summed E-state index contributed by atoms with van der Waals surface area (Å²) in [5, 5.41) is 4.47. The van der Waals surface area contributed by atoms with Gasteiger partial charge in [0.15, 0.2) is 6.29 Å². The Bertz CT molecular complexity index is 1120. The summed E-state index contributed by atoms with van der Waals surface area (Å²) in [5.41, 5.74) is 2.53. The van der Waals surface area contributed by atoms with E-state index in [9.17, 15) is 26.7 Å². The number of hydrazine groups is 1. The molecule has 2 saturated heterocycles. The van der Waals surface area contributed by atoms with Crippen LogP contribution in [0.5, 0.6) is 0 Å². The highest BCUT2D eigenvalue weighted by molar-refractivity contribution is 5.78. The number of amides is 1. The molecule has 202 valence electrons. The summed E-state index contributed by atoms with van der Waals surface area (Å²) >= 11 is 0. The summed E-state index contributed by atoms with van der Waals surface area (Å²) < 4.78 is 79.3. The normalized spacial score (nSPS) is 19.2. The van der Waals surface area contributed by atoms with Crippen molar-refractivity contribution in [2.24, 2.45) is 0 Å². The maximum atomic E-state index is 14.8. The number of piperidine rings is 1. The Labute approximate surface area is 210 Å². The minimum absolute atomic E-state index is 0.00877. The van der Waals surface area contributed by atoms with Gasteiger partial charge in [-0.3, -0.25) is 10.2 Å². The van der Waals surface area contributed by atoms with E-state index in [0.717, 1.165) is 6.07 Å². The predicted octanol–water partition coefficient (Wildman–Crippen LogP) is 4.39. The van der Waals surface area contributed by atoms with Crippen LogP contribution in [0.25, 0.3) is 0 Å². The third-order valence-corrected chi connectivity index (χ3v) is 6.21. The van der Waals surface area contributed by atoms with Crippen molar-refractivity contribution < 1.29 is 36.2 Å². The maximum absolute atomic E-state index is 14.8. The molecule has 13 heteroatoms. The molecule has 37 heavy (non-hydrogen) atoms. The van der Waals surface area contributed by atoms with Crippen LogP contribution in [0.4, 0.5) is 27.8 Å². The van der Waals surface area contributed by atoms with Crippen molar-refractivity contribution in [3.8, 4) is 0 Å². The number of aromatic nitrogens is 2. The Morgan fingerprint density at radius 1 is 1.16 bits per heavy atom. The lowest BCUT2D eigenvalue weighted by Crippen LogP contribution is -2.49. The number of nitrogens with one attached hydrogen (secondary N) is 2. The monoisotopic (exact) mass is 529 g/mol. The SMILES string of the molecule is Cc1nc(CC(=O)NN2CCC(F)(F)CC2)c(C2OCCO2)c(N[C@H](C)c2cccc(C(F)F)c2F)n1. The van der Waals surface area contributed by atoms with E-state index in [1.165, 1.54) is 17.1 Å². The molecule has 1 aromatic carbocycles. The first-order chi connectivity index (χ1) is 17.5. The molecule has 1 atom stereocenters. The van der Waals surface area contributed by atoms with Gasteiger partial charge in [-0.1, -0.05) is 18.2 Å². The number of hydrogen-bond donors (Lipinski definition) is 2. The van der Waals surface area contributed by atoms with Gasteiger partial charge in [0.25, 0.3) is 12.3 Å². The molecular formula is C24H28F5N5O3.